The van der Waals surface area contributed by atoms with Gasteiger partial charge in [0.05, 0.1) is 11.2 Å². The lowest BCUT2D eigenvalue weighted by Gasteiger charge is -2.51. The van der Waals surface area contributed by atoms with E-state index in [4.69, 9.17) is 8.85 Å². The lowest BCUT2D eigenvalue weighted by Crippen LogP contribution is -2.59. The largest absolute Gasteiger partial charge is 0.389 e. The Morgan fingerprint density at radius 1 is 0.792 bits per heavy atom. The maximum Gasteiger partial charge on any atom is 0.344 e. The van der Waals surface area contributed by atoms with Gasteiger partial charge in [-0.25, -0.2) is 0 Å². The molecule has 0 rings (SSSR count). The van der Waals surface area contributed by atoms with Gasteiger partial charge in [0.15, 0.2) is 0 Å². The minimum Gasteiger partial charge on any atom is -0.389 e. The highest BCUT2D eigenvalue weighted by atomic mass is 28.4. The molecule has 0 bridgehead atoms. The molecule has 0 amide bonds. The molecular weight excluding hydrogens is 312 g/mol. The van der Waals surface area contributed by atoms with Gasteiger partial charge in [0, 0.05) is 5.04 Å². The molecule has 144 valence electrons. The predicted octanol–water partition coefficient (Wildman–Crippen LogP) is 7.24. The van der Waals surface area contributed by atoms with Gasteiger partial charge in [-0.2, -0.15) is 0 Å². The van der Waals surface area contributed by atoms with Crippen LogP contribution in [-0.2, 0) is 8.85 Å². The van der Waals surface area contributed by atoms with E-state index in [0.717, 1.165) is 25.3 Å². The molecule has 0 saturated heterocycles. The van der Waals surface area contributed by atoms with E-state index in [0.29, 0.717) is 0 Å². The Kier molecular flexibility index (Phi) is 8.01. The van der Waals surface area contributed by atoms with Crippen molar-refractivity contribution in [3.63, 3.8) is 0 Å². The van der Waals surface area contributed by atoms with Gasteiger partial charge in [-0.05, 0) is 58.4 Å². The molecule has 0 aliphatic rings. The second-order valence-electron chi connectivity index (χ2n) is 9.79. The highest BCUT2D eigenvalue weighted by Crippen LogP contribution is 2.52. The highest BCUT2D eigenvalue weighted by Gasteiger charge is 2.56. The van der Waals surface area contributed by atoms with Crippen LogP contribution in [0.25, 0.3) is 0 Å². The summed E-state index contributed by atoms with van der Waals surface area (Å²) in [5, 5.41) is -0.0156. The van der Waals surface area contributed by atoms with Crippen molar-refractivity contribution in [2.75, 3.05) is 0 Å². The van der Waals surface area contributed by atoms with Crippen LogP contribution in [0.3, 0.4) is 0 Å². The molecular formula is C21H44O2Si. The van der Waals surface area contributed by atoms with Crippen LogP contribution < -0.4 is 0 Å². The minimum atomic E-state index is -2.48. The number of hydrogen-bond donors (Lipinski definition) is 0. The van der Waals surface area contributed by atoms with Crippen LogP contribution >= 0.6 is 0 Å². The number of rotatable bonds is 11. The SMILES string of the molecule is C=CC(C)(C)CC(C)(C)[Si](CC)(OC(C)(C)CC)OC(C)(C)CC. The maximum atomic E-state index is 6.90. The van der Waals surface area contributed by atoms with Crippen molar-refractivity contribution in [2.45, 2.75) is 118 Å². The molecule has 0 fully saturated rings. The Labute approximate surface area is 153 Å². The maximum absolute atomic E-state index is 6.90. The average molecular weight is 357 g/mol. The zero-order valence-electron chi connectivity index (χ0n) is 18.4. The summed E-state index contributed by atoms with van der Waals surface area (Å²) in [7, 11) is -2.48. The Hall–Kier alpha value is -0.123. The summed E-state index contributed by atoms with van der Waals surface area (Å²) >= 11 is 0. The van der Waals surface area contributed by atoms with Crippen LogP contribution in [0.5, 0.6) is 0 Å². The Bertz CT molecular complexity index is 390. The summed E-state index contributed by atoms with van der Waals surface area (Å²) in [4.78, 5) is 0. The first kappa shape index (κ1) is 23.9. The summed E-state index contributed by atoms with van der Waals surface area (Å²) in [6, 6.07) is 0.958. The van der Waals surface area contributed by atoms with Crippen LogP contribution in [0.2, 0.25) is 11.1 Å². The Morgan fingerprint density at radius 2 is 1.17 bits per heavy atom. The first-order chi connectivity index (χ1) is 10.6. The van der Waals surface area contributed by atoms with Crippen molar-refractivity contribution in [1.29, 1.82) is 0 Å². The van der Waals surface area contributed by atoms with E-state index >= 15 is 0 Å². The lowest BCUT2D eigenvalue weighted by molar-refractivity contribution is -0.0188. The van der Waals surface area contributed by atoms with Gasteiger partial charge >= 0.3 is 8.56 Å². The summed E-state index contributed by atoms with van der Waals surface area (Å²) < 4.78 is 13.8. The molecule has 3 heteroatoms. The zero-order valence-corrected chi connectivity index (χ0v) is 19.4. The normalized spacial score (nSPS) is 14.8. The molecule has 24 heavy (non-hydrogen) atoms. The molecule has 0 N–H and O–H groups in total. The second-order valence-corrected chi connectivity index (χ2v) is 13.8. The molecule has 0 saturated carbocycles. The summed E-state index contributed by atoms with van der Waals surface area (Å²) in [5.74, 6) is 0. The van der Waals surface area contributed by atoms with E-state index in [2.05, 4.69) is 88.8 Å². The fourth-order valence-corrected chi connectivity index (χ4v) is 7.94. The van der Waals surface area contributed by atoms with Gasteiger partial charge in [0.1, 0.15) is 0 Å². The van der Waals surface area contributed by atoms with Gasteiger partial charge in [-0.3, -0.25) is 0 Å². The third-order valence-corrected chi connectivity index (χ3v) is 10.5. The molecule has 0 spiro atoms. The van der Waals surface area contributed by atoms with Crippen molar-refractivity contribution in [3.8, 4) is 0 Å². The summed E-state index contributed by atoms with van der Waals surface area (Å²) in [6.07, 6.45) is 5.06. The van der Waals surface area contributed by atoms with Gasteiger partial charge in [0.2, 0.25) is 0 Å². The van der Waals surface area contributed by atoms with Crippen molar-refractivity contribution in [3.05, 3.63) is 12.7 Å². The van der Waals surface area contributed by atoms with Crippen molar-refractivity contribution < 1.29 is 8.85 Å². The lowest BCUT2D eigenvalue weighted by atomic mass is 9.84. The van der Waals surface area contributed by atoms with E-state index in [9.17, 15) is 0 Å². The van der Waals surface area contributed by atoms with E-state index in [1.165, 1.54) is 0 Å². The van der Waals surface area contributed by atoms with Crippen LogP contribution in [0.15, 0.2) is 12.7 Å². The number of allylic oxidation sites excluding steroid dienone is 1. The van der Waals surface area contributed by atoms with E-state index in [1.807, 2.05) is 0 Å². The Balaban J connectivity index is 6.03. The first-order valence-corrected chi connectivity index (χ1v) is 11.7. The van der Waals surface area contributed by atoms with Gasteiger partial charge in [-0.1, -0.05) is 54.5 Å². The molecule has 2 nitrogen and oxygen atoms in total. The number of hydrogen-bond acceptors (Lipinski definition) is 2. The Morgan fingerprint density at radius 3 is 1.42 bits per heavy atom. The van der Waals surface area contributed by atoms with Crippen LogP contribution in [-0.4, -0.2) is 19.8 Å². The molecule has 0 unspecified atom stereocenters. The fourth-order valence-electron chi connectivity index (χ4n) is 3.30. The predicted molar refractivity (Wildman–Crippen MR) is 110 cm³/mol. The fraction of sp³-hybridized carbons (Fsp3) is 0.905. The third kappa shape index (κ3) is 6.31. The first-order valence-electron chi connectivity index (χ1n) is 9.65. The molecule has 0 aliphatic carbocycles. The van der Waals surface area contributed by atoms with Crippen LogP contribution in [0.1, 0.15) is 95.4 Å². The summed E-state index contributed by atoms with van der Waals surface area (Å²) in [5.41, 5.74) is -0.264. The highest BCUT2D eigenvalue weighted by molar-refractivity contribution is 6.70. The third-order valence-electron chi connectivity index (χ3n) is 5.53. The molecule has 0 radical (unpaired) electrons. The molecule has 0 aromatic heterocycles. The molecule has 0 aromatic carbocycles. The second kappa shape index (κ2) is 8.05. The van der Waals surface area contributed by atoms with Gasteiger partial charge in [-0.15, -0.1) is 6.58 Å². The van der Waals surface area contributed by atoms with Crippen molar-refractivity contribution in [2.24, 2.45) is 5.41 Å². The van der Waals surface area contributed by atoms with E-state index in [1.54, 1.807) is 0 Å². The van der Waals surface area contributed by atoms with Crippen molar-refractivity contribution >= 4 is 8.56 Å². The average Bonchev–Trinajstić information content (AvgIpc) is 2.44. The smallest absolute Gasteiger partial charge is 0.344 e. The van der Waals surface area contributed by atoms with E-state index < -0.39 is 8.56 Å². The minimum absolute atomic E-state index is 0.0156. The van der Waals surface area contributed by atoms with Crippen LogP contribution in [0, 0.1) is 5.41 Å². The zero-order chi connectivity index (χ0) is 19.4. The van der Waals surface area contributed by atoms with Gasteiger partial charge in [0.25, 0.3) is 0 Å². The standard InChI is InChI=1S/C21H44O2Si/c1-13-18(5,6)17-21(11,12)24(16-4,22-19(7,8)14-2)23-20(9,10)15-3/h13H,1,14-17H2,2-12H3. The monoisotopic (exact) mass is 356 g/mol. The van der Waals surface area contributed by atoms with Crippen molar-refractivity contribution in [1.82, 2.24) is 0 Å². The van der Waals surface area contributed by atoms with Crippen LogP contribution in [0.4, 0.5) is 0 Å². The molecule has 0 heterocycles. The van der Waals surface area contributed by atoms with Gasteiger partial charge < -0.3 is 8.85 Å². The topological polar surface area (TPSA) is 18.5 Å². The summed E-state index contributed by atoms with van der Waals surface area (Å²) in [6.45, 7) is 28.6. The molecule has 0 aliphatic heterocycles. The van der Waals surface area contributed by atoms with E-state index in [-0.39, 0.29) is 21.7 Å². The quantitative estimate of drug-likeness (QED) is 0.287. The molecule has 0 aromatic rings. The molecule has 0 atom stereocenters.